The molecule has 0 radical (unpaired) electrons. The molecule has 1 aliphatic heterocycles. The van der Waals surface area contributed by atoms with Gasteiger partial charge in [-0.25, -0.2) is 4.79 Å². The number of carbonyl (C=O) groups excluding carboxylic acids is 2. The Labute approximate surface area is 130 Å². The summed E-state index contributed by atoms with van der Waals surface area (Å²) in [7, 11) is 0. The lowest BCUT2D eigenvalue weighted by Gasteiger charge is -2.11. The third-order valence-electron chi connectivity index (χ3n) is 2.60. The monoisotopic (exact) mass is 337 g/mol. The van der Waals surface area contributed by atoms with Crippen LogP contribution in [0.4, 0.5) is 0 Å². The minimum absolute atomic E-state index is 0.241. The maximum absolute atomic E-state index is 11.6. The lowest BCUT2D eigenvalue weighted by Crippen LogP contribution is -2.40. The van der Waals surface area contributed by atoms with E-state index in [-0.39, 0.29) is 22.4 Å². The van der Waals surface area contributed by atoms with E-state index in [0.29, 0.717) is 18.1 Å². The van der Waals surface area contributed by atoms with Crippen molar-refractivity contribution in [3.8, 4) is 5.75 Å². The molecule has 8 heteroatoms. The predicted molar refractivity (Wildman–Crippen MR) is 74.5 cm³/mol. The Morgan fingerprint density at radius 2 is 2.00 bits per heavy atom. The van der Waals surface area contributed by atoms with Crippen molar-refractivity contribution in [3.63, 3.8) is 0 Å². The standard InChI is InChI=1S/C12H10Cl3NO4/c13-6-3-8(15)10(4-7(6)14)20-5-11(17)16-9-1-2-19-12(9)18/h3-4,9H,1-2,5H2,(H,16,17). The predicted octanol–water partition coefficient (Wildman–Crippen LogP) is 2.46. The third-order valence-corrected chi connectivity index (χ3v) is 3.62. The molecule has 1 aliphatic rings. The van der Waals surface area contributed by atoms with Crippen LogP contribution in [0.25, 0.3) is 0 Å². The fourth-order valence-electron chi connectivity index (χ4n) is 1.62. The molecule has 1 fully saturated rings. The van der Waals surface area contributed by atoms with Crippen molar-refractivity contribution in [2.24, 2.45) is 0 Å². The highest BCUT2D eigenvalue weighted by Crippen LogP contribution is 2.33. The summed E-state index contributed by atoms with van der Waals surface area (Å²) in [5.74, 6) is -0.646. The first-order valence-corrected chi connectivity index (χ1v) is 6.84. The minimum atomic E-state index is -0.615. The van der Waals surface area contributed by atoms with Crippen molar-refractivity contribution in [1.82, 2.24) is 5.32 Å². The van der Waals surface area contributed by atoms with E-state index in [4.69, 9.17) is 44.3 Å². The lowest BCUT2D eigenvalue weighted by molar-refractivity contribution is -0.141. The van der Waals surface area contributed by atoms with Gasteiger partial charge in [0.2, 0.25) is 0 Å². The van der Waals surface area contributed by atoms with Crippen LogP contribution in [0.2, 0.25) is 15.1 Å². The second kappa shape index (κ2) is 6.52. The van der Waals surface area contributed by atoms with Gasteiger partial charge in [-0.15, -0.1) is 0 Å². The van der Waals surface area contributed by atoms with E-state index in [9.17, 15) is 9.59 Å². The minimum Gasteiger partial charge on any atom is -0.482 e. The van der Waals surface area contributed by atoms with Crippen molar-refractivity contribution in [2.75, 3.05) is 13.2 Å². The molecule has 0 spiro atoms. The quantitative estimate of drug-likeness (QED) is 0.676. The largest absolute Gasteiger partial charge is 0.482 e. The van der Waals surface area contributed by atoms with Crippen LogP contribution in [-0.2, 0) is 14.3 Å². The molecule has 1 aromatic rings. The number of hydrogen-bond donors (Lipinski definition) is 1. The van der Waals surface area contributed by atoms with Gasteiger partial charge in [0.15, 0.2) is 6.61 Å². The summed E-state index contributed by atoms with van der Waals surface area (Å²) in [6.07, 6.45) is 0.456. The highest BCUT2D eigenvalue weighted by atomic mass is 35.5. The summed E-state index contributed by atoms with van der Waals surface area (Å²) in [5.41, 5.74) is 0. The van der Waals surface area contributed by atoms with E-state index in [0.717, 1.165) is 0 Å². The molecule has 0 bridgehead atoms. The van der Waals surface area contributed by atoms with Crippen LogP contribution < -0.4 is 10.1 Å². The molecule has 20 heavy (non-hydrogen) atoms. The van der Waals surface area contributed by atoms with E-state index in [1.807, 2.05) is 0 Å². The molecule has 1 saturated heterocycles. The van der Waals surface area contributed by atoms with E-state index in [1.54, 1.807) is 0 Å². The zero-order valence-electron chi connectivity index (χ0n) is 10.1. The fraction of sp³-hybridized carbons (Fsp3) is 0.333. The Hall–Kier alpha value is -1.17. The molecule has 0 aromatic heterocycles. The number of amides is 1. The van der Waals surface area contributed by atoms with Crippen molar-refractivity contribution in [1.29, 1.82) is 0 Å². The Morgan fingerprint density at radius 1 is 1.30 bits per heavy atom. The first kappa shape index (κ1) is 15.2. The van der Waals surface area contributed by atoms with E-state index >= 15 is 0 Å². The molecule has 1 amide bonds. The lowest BCUT2D eigenvalue weighted by atomic mass is 10.2. The number of rotatable bonds is 4. The van der Waals surface area contributed by atoms with Crippen molar-refractivity contribution in [3.05, 3.63) is 27.2 Å². The van der Waals surface area contributed by atoms with Gasteiger partial charge in [0.05, 0.1) is 21.7 Å². The van der Waals surface area contributed by atoms with Gasteiger partial charge in [0.25, 0.3) is 5.91 Å². The first-order valence-electron chi connectivity index (χ1n) is 5.70. The second-order valence-electron chi connectivity index (χ2n) is 4.06. The number of halogens is 3. The molecule has 5 nitrogen and oxygen atoms in total. The molecule has 108 valence electrons. The van der Waals surface area contributed by atoms with Gasteiger partial charge in [-0.1, -0.05) is 34.8 Å². The second-order valence-corrected chi connectivity index (χ2v) is 5.28. The maximum atomic E-state index is 11.6. The number of esters is 1. The van der Waals surface area contributed by atoms with Crippen LogP contribution in [0.1, 0.15) is 6.42 Å². The SMILES string of the molecule is O=C(COc1cc(Cl)c(Cl)cc1Cl)NC1CCOC1=O. The van der Waals surface area contributed by atoms with Crippen molar-refractivity contribution >= 4 is 46.7 Å². The summed E-state index contributed by atoms with van der Waals surface area (Å²) in [4.78, 5) is 22.8. The molecule has 1 heterocycles. The molecule has 0 aliphatic carbocycles. The first-order chi connectivity index (χ1) is 9.47. The Balaban J connectivity index is 1.90. The molecule has 1 aromatic carbocycles. The molecule has 2 rings (SSSR count). The number of cyclic esters (lactones) is 1. The average Bonchev–Trinajstić information content (AvgIpc) is 2.78. The van der Waals surface area contributed by atoms with Crippen molar-refractivity contribution < 1.29 is 19.1 Å². The Morgan fingerprint density at radius 3 is 2.65 bits per heavy atom. The van der Waals surface area contributed by atoms with Gasteiger partial charge in [-0.2, -0.15) is 0 Å². The van der Waals surface area contributed by atoms with Gasteiger partial charge < -0.3 is 14.8 Å². The van der Waals surface area contributed by atoms with Gasteiger partial charge >= 0.3 is 5.97 Å². The highest BCUT2D eigenvalue weighted by molar-refractivity contribution is 6.43. The van der Waals surface area contributed by atoms with Crippen molar-refractivity contribution in [2.45, 2.75) is 12.5 Å². The third kappa shape index (κ3) is 3.69. The van der Waals surface area contributed by atoms with Gasteiger partial charge in [-0.05, 0) is 6.07 Å². The van der Waals surface area contributed by atoms with Gasteiger partial charge in [0.1, 0.15) is 11.8 Å². The fourth-order valence-corrected chi connectivity index (χ4v) is 2.21. The highest BCUT2D eigenvalue weighted by Gasteiger charge is 2.27. The number of benzene rings is 1. The van der Waals surface area contributed by atoms with Crippen LogP contribution in [0.15, 0.2) is 12.1 Å². The summed E-state index contributed by atoms with van der Waals surface area (Å²) < 4.78 is 9.97. The van der Waals surface area contributed by atoms with Crippen LogP contribution in [0, 0.1) is 0 Å². The smallest absolute Gasteiger partial charge is 0.328 e. The molecular weight excluding hydrogens is 328 g/mol. The molecular formula is C12H10Cl3NO4. The molecule has 1 atom stereocenters. The molecule has 1 unspecified atom stereocenters. The normalized spacial score (nSPS) is 17.8. The van der Waals surface area contributed by atoms with Gasteiger partial charge in [-0.3, -0.25) is 4.79 Å². The Bertz CT molecular complexity index is 550. The summed E-state index contributed by atoms with van der Waals surface area (Å²) in [5, 5.41) is 3.31. The van der Waals surface area contributed by atoms with Crippen LogP contribution >= 0.6 is 34.8 Å². The summed E-state index contributed by atoms with van der Waals surface area (Å²) in [6, 6.07) is 2.23. The van der Waals surface area contributed by atoms with E-state index < -0.39 is 17.9 Å². The Kier molecular flexibility index (Phi) is 4.96. The van der Waals surface area contributed by atoms with Crippen LogP contribution in [-0.4, -0.2) is 31.1 Å². The number of ether oxygens (including phenoxy) is 2. The maximum Gasteiger partial charge on any atom is 0.328 e. The zero-order valence-corrected chi connectivity index (χ0v) is 12.4. The molecule has 0 saturated carbocycles. The number of hydrogen-bond acceptors (Lipinski definition) is 4. The average molecular weight is 339 g/mol. The zero-order chi connectivity index (χ0) is 14.7. The van der Waals surface area contributed by atoms with Gasteiger partial charge in [0, 0.05) is 12.5 Å². The van der Waals surface area contributed by atoms with Crippen LogP contribution in [0.3, 0.4) is 0 Å². The number of nitrogens with one attached hydrogen (secondary N) is 1. The summed E-state index contributed by atoms with van der Waals surface area (Å²) >= 11 is 17.5. The number of carbonyl (C=O) groups is 2. The topological polar surface area (TPSA) is 64.6 Å². The van der Waals surface area contributed by atoms with E-state index in [1.165, 1.54) is 12.1 Å². The van der Waals surface area contributed by atoms with Crippen LogP contribution in [0.5, 0.6) is 5.75 Å². The van der Waals surface area contributed by atoms with E-state index in [2.05, 4.69) is 5.32 Å². The molecule has 1 N–H and O–H groups in total. The summed E-state index contributed by atoms with van der Waals surface area (Å²) in [6.45, 7) is 0.0186.